The molecule has 1 fully saturated rings. The third-order valence-corrected chi connectivity index (χ3v) is 3.66. The molecule has 1 aliphatic rings. The summed E-state index contributed by atoms with van der Waals surface area (Å²) in [5.74, 6) is -0.792. The molecular weight excluding hydrogens is 311 g/mol. The number of alkyl halides is 3. The quantitative estimate of drug-likeness (QED) is 0.866. The number of primary amides is 1. The van der Waals surface area contributed by atoms with Gasteiger partial charge in [0.1, 0.15) is 5.82 Å². The topological polar surface area (TPSA) is 79.5 Å². The van der Waals surface area contributed by atoms with Gasteiger partial charge in [0.25, 0.3) is 5.91 Å². The number of amides is 1. The van der Waals surface area contributed by atoms with E-state index < -0.39 is 23.2 Å². The van der Waals surface area contributed by atoms with Gasteiger partial charge in [-0.2, -0.15) is 13.2 Å². The van der Waals surface area contributed by atoms with Gasteiger partial charge < -0.3 is 15.7 Å². The number of aromatic nitrogens is 1. The standard InChI is InChI=1S/C12H13ClF3N3O2/c13-8-4-7(12(14,15)16)5-18-9(8)19-3-1-2-11(21,6-19)10(17)20/h4-5,21H,1-3,6H2,(H2,17,20). The lowest BCUT2D eigenvalue weighted by Gasteiger charge is -2.38. The SMILES string of the molecule is NC(=O)C1(O)CCCN(c2ncc(C(F)(F)F)cc2Cl)C1. The van der Waals surface area contributed by atoms with Gasteiger partial charge in [-0.25, -0.2) is 4.98 Å². The molecule has 1 atom stereocenters. The molecule has 0 saturated carbocycles. The maximum Gasteiger partial charge on any atom is 0.417 e. The third kappa shape index (κ3) is 3.21. The van der Waals surface area contributed by atoms with E-state index in [4.69, 9.17) is 17.3 Å². The van der Waals surface area contributed by atoms with Crippen molar-refractivity contribution in [3.05, 3.63) is 22.8 Å². The second kappa shape index (κ2) is 5.34. The maximum absolute atomic E-state index is 12.6. The highest BCUT2D eigenvalue weighted by Crippen LogP contribution is 2.35. The number of piperidine rings is 1. The maximum atomic E-state index is 12.6. The third-order valence-electron chi connectivity index (χ3n) is 3.38. The largest absolute Gasteiger partial charge is 0.417 e. The zero-order valence-corrected chi connectivity index (χ0v) is 11.6. The fourth-order valence-electron chi connectivity index (χ4n) is 2.24. The fraction of sp³-hybridized carbons (Fsp3) is 0.500. The summed E-state index contributed by atoms with van der Waals surface area (Å²) in [4.78, 5) is 16.4. The van der Waals surface area contributed by atoms with Crippen molar-refractivity contribution in [2.75, 3.05) is 18.0 Å². The average molecular weight is 324 g/mol. The number of carbonyl (C=O) groups is 1. The molecule has 0 spiro atoms. The molecule has 2 rings (SSSR count). The molecule has 0 aromatic carbocycles. The fourth-order valence-corrected chi connectivity index (χ4v) is 2.52. The number of anilines is 1. The lowest BCUT2D eigenvalue weighted by molar-refractivity contribution is -0.138. The van der Waals surface area contributed by atoms with Gasteiger partial charge in [-0.15, -0.1) is 0 Å². The second-order valence-corrected chi connectivity index (χ2v) is 5.36. The lowest BCUT2D eigenvalue weighted by Crippen LogP contribution is -2.56. The second-order valence-electron chi connectivity index (χ2n) is 4.95. The van der Waals surface area contributed by atoms with Crippen LogP contribution in [0, 0.1) is 0 Å². The molecule has 1 aromatic heterocycles. The first-order valence-corrected chi connectivity index (χ1v) is 6.51. The van der Waals surface area contributed by atoms with Crippen molar-refractivity contribution in [1.29, 1.82) is 0 Å². The summed E-state index contributed by atoms with van der Waals surface area (Å²) in [5, 5.41) is 9.89. The summed E-state index contributed by atoms with van der Waals surface area (Å²) in [5.41, 5.74) is 2.45. The first-order chi connectivity index (χ1) is 9.63. The van der Waals surface area contributed by atoms with Crippen molar-refractivity contribution >= 4 is 23.3 Å². The van der Waals surface area contributed by atoms with Crippen molar-refractivity contribution in [2.45, 2.75) is 24.6 Å². The summed E-state index contributed by atoms with van der Waals surface area (Å²) in [6, 6.07) is 0.766. The number of halogens is 4. The van der Waals surface area contributed by atoms with Crippen LogP contribution in [0.2, 0.25) is 5.02 Å². The summed E-state index contributed by atoms with van der Waals surface area (Å²) in [7, 11) is 0. The minimum Gasteiger partial charge on any atom is -0.378 e. The summed E-state index contributed by atoms with van der Waals surface area (Å²) in [6.45, 7) is 0.258. The summed E-state index contributed by atoms with van der Waals surface area (Å²) >= 11 is 5.84. The van der Waals surface area contributed by atoms with Gasteiger partial charge in [0.15, 0.2) is 5.60 Å². The molecule has 1 unspecified atom stereocenters. The highest BCUT2D eigenvalue weighted by Gasteiger charge is 2.40. The Morgan fingerprint density at radius 3 is 2.71 bits per heavy atom. The Morgan fingerprint density at radius 2 is 2.19 bits per heavy atom. The Balaban J connectivity index is 2.28. The number of nitrogens with two attached hydrogens (primary N) is 1. The van der Waals surface area contributed by atoms with Crippen molar-refractivity contribution in [2.24, 2.45) is 5.73 Å². The number of hydrogen-bond donors (Lipinski definition) is 2. The lowest BCUT2D eigenvalue weighted by atomic mass is 9.92. The van der Waals surface area contributed by atoms with E-state index in [9.17, 15) is 23.1 Å². The van der Waals surface area contributed by atoms with E-state index >= 15 is 0 Å². The molecule has 9 heteroatoms. The van der Waals surface area contributed by atoms with Crippen LogP contribution in [0.15, 0.2) is 12.3 Å². The molecule has 3 N–H and O–H groups in total. The number of β-amino-alcohol motifs (C(OH)–C–C–N with tert-alkyl or cyclic N) is 1. The number of aliphatic hydroxyl groups is 1. The van der Waals surface area contributed by atoms with E-state index in [-0.39, 0.29) is 23.8 Å². The van der Waals surface area contributed by atoms with Gasteiger partial charge in [0.2, 0.25) is 0 Å². The smallest absolute Gasteiger partial charge is 0.378 e. The zero-order chi connectivity index (χ0) is 15.8. The number of hydrogen-bond acceptors (Lipinski definition) is 4. The van der Waals surface area contributed by atoms with Crippen molar-refractivity contribution < 1.29 is 23.1 Å². The average Bonchev–Trinajstić information content (AvgIpc) is 2.37. The predicted molar refractivity (Wildman–Crippen MR) is 69.8 cm³/mol. The Morgan fingerprint density at radius 1 is 1.52 bits per heavy atom. The van der Waals surface area contributed by atoms with Crippen LogP contribution >= 0.6 is 11.6 Å². The van der Waals surface area contributed by atoms with E-state index in [0.29, 0.717) is 19.2 Å². The molecule has 1 saturated heterocycles. The Bertz CT molecular complexity index is 567. The predicted octanol–water partition coefficient (Wildman–Crippen LogP) is 1.57. The van der Waals surface area contributed by atoms with Crippen molar-refractivity contribution in [3.8, 4) is 0 Å². The van der Waals surface area contributed by atoms with Crippen LogP contribution in [0.25, 0.3) is 0 Å². The highest BCUT2D eigenvalue weighted by molar-refractivity contribution is 6.33. The molecular formula is C12H13ClF3N3O2. The Hall–Kier alpha value is -1.54. The normalized spacial score (nSPS) is 23.2. The van der Waals surface area contributed by atoms with E-state index in [1.54, 1.807) is 0 Å². The molecule has 0 radical (unpaired) electrons. The summed E-state index contributed by atoms with van der Waals surface area (Å²) in [6.07, 6.45) is -3.24. The van der Waals surface area contributed by atoms with E-state index in [0.717, 1.165) is 6.07 Å². The van der Waals surface area contributed by atoms with Crippen LogP contribution in [-0.4, -0.2) is 34.7 Å². The van der Waals surface area contributed by atoms with E-state index in [2.05, 4.69) is 4.98 Å². The minimum atomic E-state index is -4.54. The monoisotopic (exact) mass is 323 g/mol. The van der Waals surface area contributed by atoms with Crippen LogP contribution in [0.3, 0.4) is 0 Å². The number of rotatable bonds is 2. The molecule has 116 valence electrons. The van der Waals surface area contributed by atoms with Gasteiger partial charge in [0, 0.05) is 12.7 Å². The van der Waals surface area contributed by atoms with Gasteiger partial charge in [-0.1, -0.05) is 11.6 Å². The Kier molecular flexibility index (Phi) is 4.03. The van der Waals surface area contributed by atoms with Crippen LogP contribution in [0.4, 0.5) is 19.0 Å². The van der Waals surface area contributed by atoms with Gasteiger partial charge >= 0.3 is 6.18 Å². The molecule has 21 heavy (non-hydrogen) atoms. The van der Waals surface area contributed by atoms with Gasteiger partial charge in [0.05, 0.1) is 17.1 Å². The van der Waals surface area contributed by atoms with Gasteiger partial charge in [-0.3, -0.25) is 4.79 Å². The minimum absolute atomic E-state index is 0.0871. The first-order valence-electron chi connectivity index (χ1n) is 6.13. The highest BCUT2D eigenvalue weighted by atomic mass is 35.5. The Labute approximate surface area is 123 Å². The van der Waals surface area contributed by atoms with Crippen molar-refractivity contribution in [3.63, 3.8) is 0 Å². The zero-order valence-electron chi connectivity index (χ0n) is 10.8. The van der Waals surface area contributed by atoms with Crippen molar-refractivity contribution in [1.82, 2.24) is 4.98 Å². The molecule has 5 nitrogen and oxygen atoms in total. The number of pyridine rings is 1. The number of carbonyl (C=O) groups excluding carboxylic acids is 1. The molecule has 0 bridgehead atoms. The molecule has 2 heterocycles. The first kappa shape index (κ1) is 15.8. The van der Waals surface area contributed by atoms with Crippen LogP contribution in [-0.2, 0) is 11.0 Å². The number of nitrogens with zero attached hydrogens (tertiary/aromatic N) is 2. The van der Waals surface area contributed by atoms with Crippen LogP contribution in [0.5, 0.6) is 0 Å². The molecule has 1 amide bonds. The molecule has 1 aromatic rings. The molecule has 1 aliphatic heterocycles. The van der Waals surface area contributed by atoms with Crippen LogP contribution in [0.1, 0.15) is 18.4 Å². The van der Waals surface area contributed by atoms with Crippen LogP contribution < -0.4 is 10.6 Å². The van der Waals surface area contributed by atoms with E-state index in [1.807, 2.05) is 0 Å². The van der Waals surface area contributed by atoms with Gasteiger partial charge in [-0.05, 0) is 18.9 Å². The molecule has 0 aliphatic carbocycles. The summed E-state index contributed by atoms with van der Waals surface area (Å²) < 4.78 is 37.7. The van der Waals surface area contributed by atoms with E-state index in [1.165, 1.54) is 4.90 Å².